The topological polar surface area (TPSA) is 54.9 Å². The molecule has 30 heavy (non-hydrogen) atoms. The van der Waals surface area contributed by atoms with Gasteiger partial charge in [-0.25, -0.2) is 9.97 Å². The van der Waals surface area contributed by atoms with Gasteiger partial charge in [-0.15, -0.1) is 11.3 Å². The summed E-state index contributed by atoms with van der Waals surface area (Å²) < 4.78 is 0. The SMILES string of the molecule is Cc1cc(C)c(NC(=O)CSc2ncnc3scc(-c4ccc(Cl)cc4)c23)c(C)c1. The van der Waals surface area contributed by atoms with Gasteiger partial charge in [0.05, 0.1) is 11.1 Å². The summed E-state index contributed by atoms with van der Waals surface area (Å²) in [6.07, 6.45) is 1.55. The molecule has 0 spiro atoms. The molecule has 0 atom stereocenters. The Bertz CT molecular complexity index is 1210. The Morgan fingerprint density at radius 3 is 2.50 bits per heavy atom. The molecule has 0 saturated heterocycles. The molecule has 4 aromatic rings. The lowest BCUT2D eigenvalue weighted by Crippen LogP contribution is -2.16. The molecule has 0 unspecified atom stereocenters. The first-order valence-corrected chi connectivity index (χ1v) is 11.7. The van der Waals surface area contributed by atoms with Crippen molar-refractivity contribution in [3.63, 3.8) is 0 Å². The average molecular weight is 454 g/mol. The molecule has 1 N–H and O–H groups in total. The van der Waals surface area contributed by atoms with E-state index < -0.39 is 0 Å². The van der Waals surface area contributed by atoms with Gasteiger partial charge in [0.25, 0.3) is 0 Å². The van der Waals surface area contributed by atoms with Gasteiger partial charge >= 0.3 is 0 Å². The molecule has 0 radical (unpaired) electrons. The Hall–Kier alpha value is -2.41. The van der Waals surface area contributed by atoms with Crippen molar-refractivity contribution in [1.82, 2.24) is 9.97 Å². The molecule has 152 valence electrons. The number of carbonyl (C=O) groups excluding carboxylic acids is 1. The molecule has 1 amide bonds. The molecule has 4 nitrogen and oxygen atoms in total. The third-order valence-corrected chi connectivity index (χ3v) is 6.90. The summed E-state index contributed by atoms with van der Waals surface area (Å²) in [7, 11) is 0. The van der Waals surface area contributed by atoms with Crippen molar-refractivity contribution in [3.8, 4) is 11.1 Å². The first kappa shape index (κ1) is 20.8. The molecule has 0 bridgehead atoms. The van der Waals surface area contributed by atoms with Gasteiger partial charge in [-0.3, -0.25) is 4.79 Å². The largest absolute Gasteiger partial charge is 0.325 e. The van der Waals surface area contributed by atoms with Gasteiger partial charge in [0.2, 0.25) is 5.91 Å². The number of hydrogen-bond acceptors (Lipinski definition) is 5. The van der Waals surface area contributed by atoms with Crippen LogP contribution >= 0.6 is 34.7 Å². The Labute approximate surface area is 188 Å². The van der Waals surface area contributed by atoms with Crippen molar-refractivity contribution < 1.29 is 4.79 Å². The number of thiophene rings is 1. The van der Waals surface area contributed by atoms with E-state index in [9.17, 15) is 4.79 Å². The highest BCUT2D eigenvalue weighted by molar-refractivity contribution is 8.00. The molecule has 7 heteroatoms. The van der Waals surface area contributed by atoms with Crippen LogP contribution in [0.2, 0.25) is 5.02 Å². The minimum atomic E-state index is -0.0508. The molecule has 4 rings (SSSR count). The Balaban J connectivity index is 1.57. The van der Waals surface area contributed by atoms with Crippen molar-refractivity contribution in [2.24, 2.45) is 0 Å². The lowest BCUT2D eigenvalue weighted by atomic mass is 10.1. The number of anilines is 1. The van der Waals surface area contributed by atoms with Crippen molar-refractivity contribution in [2.75, 3.05) is 11.1 Å². The second-order valence-corrected chi connectivity index (χ2v) is 9.38. The number of aromatic nitrogens is 2. The summed E-state index contributed by atoms with van der Waals surface area (Å²) >= 11 is 9.03. The Kier molecular flexibility index (Phi) is 6.09. The number of benzene rings is 2. The van der Waals surface area contributed by atoms with Crippen molar-refractivity contribution >= 4 is 56.5 Å². The molecule has 0 saturated carbocycles. The van der Waals surface area contributed by atoms with E-state index in [2.05, 4.69) is 39.7 Å². The lowest BCUT2D eigenvalue weighted by Gasteiger charge is -2.13. The van der Waals surface area contributed by atoms with Crippen molar-refractivity contribution in [1.29, 1.82) is 0 Å². The van der Waals surface area contributed by atoms with Gasteiger partial charge in [-0.1, -0.05) is 53.2 Å². The number of rotatable bonds is 5. The summed E-state index contributed by atoms with van der Waals surface area (Å²) in [6, 6.07) is 11.9. The van der Waals surface area contributed by atoms with Gasteiger partial charge < -0.3 is 5.32 Å². The van der Waals surface area contributed by atoms with E-state index in [1.54, 1.807) is 17.7 Å². The highest BCUT2D eigenvalue weighted by Gasteiger charge is 2.15. The fourth-order valence-electron chi connectivity index (χ4n) is 3.49. The van der Waals surface area contributed by atoms with Crippen LogP contribution in [0.15, 0.2) is 53.1 Å². The monoisotopic (exact) mass is 453 g/mol. The second kappa shape index (κ2) is 8.76. The van der Waals surface area contributed by atoms with Crippen LogP contribution in [-0.2, 0) is 4.79 Å². The number of amides is 1. The van der Waals surface area contributed by atoms with Crippen LogP contribution in [0.3, 0.4) is 0 Å². The van der Waals surface area contributed by atoms with Gasteiger partial charge in [0.1, 0.15) is 16.2 Å². The number of aryl methyl sites for hydroxylation is 3. The van der Waals surface area contributed by atoms with E-state index >= 15 is 0 Å². The molecule has 0 aliphatic heterocycles. The average Bonchev–Trinajstić information content (AvgIpc) is 3.14. The summed E-state index contributed by atoms with van der Waals surface area (Å²) in [5, 5.41) is 7.61. The highest BCUT2D eigenvalue weighted by Crippen LogP contribution is 2.38. The number of halogens is 1. The first-order valence-electron chi connectivity index (χ1n) is 9.41. The number of nitrogens with one attached hydrogen (secondary N) is 1. The smallest absolute Gasteiger partial charge is 0.234 e. The molecular weight excluding hydrogens is 434 g/mol. The summed E-state index contributed by atoms with van der Waals surface area (Å²) in [6.45, 7) is 6.09. The predicted molar refractivity (Wildman–Crippen MR) is 128 cm³/mol. The number of nitrogens with zero attached hydrogens (tertiary/aromatic N) is 2. The van der Waals surface area contributed by atoms with E-state index in [4.69, 9.17) is 11.6 Å². The quantitative estimate of drug-likeness (QED) is 0.271. The van der Waals surface area contributed by atoms with E-state index in [0.29, 0.717) is 5.02 Å². The zero-order chi connectivity index (χ0) is 21.3. The van der Waals surface area contributed by atoms with Crippen LogP contribution < -0.4 is 5.32 Å². The predicted octanol–water partition coefficient (Wildman–Crippen LogP) is 6.67. The van der Waals surface area contributed by atoms with Crippen LogP contribution in [0, 0.1) is 20.8 Å². The number of hydrogen-bond donors (Lipinski definition) is 1. The maximum Gasteiger partial charge on any atom is 0.234 e. The van der Waals surface area contributed by atoms with Crippen LogP contribution in [0.25, 0.3) is 21.3 Å². The van der Waals surface area contributed by atoms with Gasteiger partial charge in [0, 0.05) is 21.7 Å². The Morgan fingerprint density at radius 1 is 1.10 bits per heavy atom. The van der Waals surface area contributed by atoms with Crippen molar-refractivity contribution in [3.05, 3.63) is 69.8 Å². The maximum absolute atomic E-state index is 12.7. The third-order valence-electron chi connectivity index (χ3n) is 4.77. The Morgan fingerprint density at radius 2 is 1.80 bits per heavy atom. The fourth-order valence-corrected chi connectivity index (χ4v) is 5.40. The molecule has 0 fully saturated rings. The summed E-state index contributed by atoms with van der Waals surface area (Å²) in [4.78, 5) is 22.4. The van der Waals surface area contributed by atoms with Gasteiger partial charge in [-0.05, 0) is 49.6 Å². The fraction of sp³-hybridized carbons (Fsp3) is 0.174. The second-order valence-electron chi connectivity index (χ2n) is 7.13. The van der Waals surface area contributed by atoms with Crippen LogP contribution in [0.4, 0.5) is 5.69 Å². The van der Waals surface area contributed by atoms with Crippen LogP contribution in [0.5, 0.6) is 0 Å². The number of fused-ring (bicyclic) bond motifs is 1. The minimum absolute atomic E-state index is 0.0508. The molecular formula is C23H20ClN3OS2. The van der Waals surface area contributed by atoms with Crippen molar-refractivity contribution in [2.45, 2.75) is 25.8 Å². The molecule has 0 aliphatic carbocycles. The molecule has 2 aromatic carbocycles. The number of carbonyl (C=O) groups is 1. The summed E-state index contributed by atoms with van der Waals surface area (Å²) in [5.74, 6) is 0.222. The van der Waals surface area contributed by atoms with E-state index in [1.807, 2.05) is 38.1 Å². The van der Waals surface area contributed by atoms with Crippen LogP contribution in [0.1, 0.15) is 16.7 Å². The third kappa shape index (κ3) is 4.36. The first-order chi connectivity index (χ1) is 14.4. The molecule has 0 aliphatic rings. The highest BCUT2D eigenvalue weighted by atomic mass is 35.5. The van der Waals surface area contributed by atoms with E-state index in [-0.39, 0.29) is 11.7 Å². The maximum atomic E-state index is 12.7. The number of thioether (sulfide) groups is 1. The minimum Gasteiger partial charge on any atom is -0.325 e. The van der Waals surface area contributed by atoms with Gasteiger partial charge in [-0.2, -0.15) is 0 Å². The molecule has 2 aromatic heterocycles. The van der Waals surface area contributed by atoms with E-state index in [1.165, 1.54) is 17.3 Å². The zero-order valence-corrected chi connectivity index (χ0v) is 19.2. The van der Waals surface area contributed by atoms with Crippen LogP contribution in [-0.4, -0.2) is 21.6 Å². The van der Waals surface area contributed by atoms with E-state index in [0.717, 1.165) is 43.2 Å². The molecule has 2 heterocycles. The normalized spacial score (nSPS) is 11.1. The summed E-state index contributed by atoms with van der Waals surface area (Å²) in [5.41, 5.74) is 6.32. The van der Waals surface area contributed by atoms with Gasteiger partial charge in [0.15, 0.2) is 0 Å². The lowest BCUT2D eigenvalue weighted by molar-refractivity contribution is -0.113. The standard InChI is InChI=1S/C23H20ClN3OS2/c1-13-8-14(2)21(15(3)9-13)27-19(28)11-30-23-20-18(10-29-22(20)25-12-26-23)16-4-6-17(24)7-5-16/h4-10,12H,11H2,1-3H3,(H,27,28). The zero-order valence-electron chi connectivity index (χ0n) is 16.8.